The molecule has 2 rings (SSSR count). The fraction of sp³-hybridized carbons (Fsp3) is 0.235. The van der Waals surface area contributed by atoms with E-state index in [-0.39, 0.29) is 0 Å². The zero-order valence-corrected chi connectivity index (χ0v) is 11.8. The minimum Gasteiger partial charge on any atom is -0.455 e. The Hall–Kier alpha value is -2.16. The van der Waals surface area contributed by atoms with Gasteiger partial charge in [-0.2, -0.15) is 4.39 Å². The molecular formula is C17H17FO2. The number of hydrogen-bond donors (Lipinski definition) is 0. The normalized spacial score (nSPS) is 12.5. The van der Waals surface area contributed by atoms with Gasteiger partial charge in [0.25, 0.3) is 0 Å². The molecule has 0 spiro atoms. The maximum Gasteiger partial charge on any atom is 0.367 e. The molecule has 0 aliphatic heterocycles. The molecule has 0 saturated heterocycles. The first kappa shape index (κ1) is 14.3. The van der Waals surface area contributed by atoms with Gasteiger partial charge in [-0.3, -0.25) is 0 Å². The minimum atomic E-state index is -0.939. The summed E-state index contributed by atoms with van der Waals surface area (Å²) in [6, 6.07) is 13.3. The number of carbonyl (C=O) groups is 1. The number of esters is 1. The molecule has 20 heavy (non-hydrogen) atoms. The highest BCUT2D eigenvalue weighted by atomic mass is 19.1. The van der Waals surface area contributed by atoms with Crippen LogP contribution in [0, 0.1) is 0 Å². The molecule has 0 fully saturated rings. The van der Waals surface area contributed by atoms with Crippen LogP contribution in [0.5, 0.6) is 0 Å². The number of halogens is 1. The van der Waals surface area contributed by atoms with Crippen molar-refractivity contribution in [2.45, 2.75) is 26.4 Å². The zero-order chi connectivity index (χ0) is 14.8. The van der Waals surface area contributed by atoms with Gasteiger partial charge in [-0.15, -0.1) is 0 Å². The smallest absolute Gasteiger partial charge is 0.367 e. The molecule has 0 radical (unpaired) electrons. The Balaban J connectivity index is 2.25. The second kappa shape index (κ2) is 5.45. The fourth-order valence-electron chi connectivity index (χ4n) is 1.83. The van der Waals surface area contributed by atoms with Gasteiger partial charge in [0.2, 0.25) is 5.83 Å². The maximum absolute atomic E-state index is 13.8. The number of fused-ring (bicyclic) bond motifs is 1. The van der Waals surface area contributed by atoms with Gasteiger partial charge < -0.3 is 4.74 Å². The van der Waals surface area contributed by atoms with E-state index in [1.807, 2.05) is 36.4 Å². The summed E-state index contributed by atoms with van der Waals surface area (Å²) in [7, 11) is 0. The number of benzene rings is 2. The third kappa shape index (κ3) is 3.67. The van der Waals surface area contributed by atoms with Crippen LogP contribution in [0.2, 0.25) is 0 Å². The average molecular weight is 272 g/mol. The summed E-state index contributed by atoms with van der Waals surface area (Å²) in [6.07, 6.45) is 1.19. The highest BCUT2D eigenvalue weighted by molar-refractivity contribution is 5.92. The van der Waals surface area contributed by atoms with Crippen LogP contribution < -0.4 is 0 Å². The Labute approximate surface area is 117 Å². The molecule has 2 nitrogen and oxygen atoms in total. The lowest BCUT2D eigenvalue weighted by Gasteiger charge is -2.18. The third-order valence-corrected chi connectivity index (χ3v) is 2.66. The molecule has 0 aromatic heterocycles. The molecule has 0 aliphatic rings. The van der Waals surface area contributed by atoms with Crippen molar-refractivity contribution in [3.05, 3.63) is 53.9 Å². The van der Waals surface area contributed by atoms with Crippen LogP contribution >= 0.6 is 0 Å². The summed E-state index contributed by atoms with van der Waals surface area (Å²) < 4.78 is 18.8. The summed E-state index contributed by atoms with van der Waals surface area (Å²) in [6.45, 7) is 5.11. The van der Waals surface area contributed by atoms with Gasteiger partial charge in [0, 0.05) is 0 Å². The fourth-order valence-corrected chi connectivity index (χ4v) is 1.83. The SMILES string of the molecule is CC(C)(C)OC(=O)/C(F)=C\c1ccc2ccccc2c1. The zero-order valence-electron chi connectivity index (χ0n) is 11.8. The first-order valence-corrected chi connectivity index (χ1v) is 6.44. The number of ether oxygens (including phenoxy) is 1. The van der Waals surface area contributed by atoms with E-state index in [0.29, 0.717) is 5.56 Å². The van der Waals surface area contributed by atoms with Crippen LogP contribution in [0.4, 0.5) is 4.39 Å². The molecule has 0 heterocycles. The Morgan fingerprint density at radius 3 is 2.40 bits per heavy atom. The van der Waals surface area contributed by atoms with E-state index in [2.05, 4.69) is 0 Å². The van der Waals surface area contributed by atoms with Gasteiger partial charge in [-0.25, -0.2) is 4.79 Å². The van der Waals surface area contributed by atoms with Crippen molar-refractivity contribution in [1.29, 1.82) is 0 Å². The molecule has 0 atom stereocenters. The Kier molecular flexibility index (Phi) is 3.89. The van der Waals surface area contributed by atoms with E-state index in [1.165, 1.54) is 6.08 Å². The standard InChI is InChI=1S/C17H17FO2/c1-17(2,3)20-16(19)15(18)11-12-8-9-13-6-4-5-7-14(13)10-12/h4-11H,1-3H3/b15-11+. The molecule has 2 aromatic carbocycles. The van der Waals surface area contributed by atoms with Gasteiger partial charge in [0.15, 0.2) is 0 Å². The Morgan fingerprint density at radius 1 is 1.10 bits per heavy atom. The highest BCUT2D eigenvalue weighted by Gasteiger charge is 2.19. The van der Waals surface area contributed by atoms with Crippen molar-refractivity contribution < 1.29 is 13.9 Å². The topological polar surface area (TPSA) is 26.3 Å². The summed E-state index contributed by atoms with van der Waals surface area (Å²) in [4.78, 5) is 11.6. The van der Waals surface area contributed by atoms with Gasteiger partial charge in [-0.1, -0.05) is 36.4 Å². The van der Waals surface area contributed by atoms with Crippen LogP contribution in [0.25, 0.3) is 16.8 Å². The predicted octanol–water partition coefficient (Wildman–Crippen LogP) is 4.49. The molecule has 0 unspecified atom stereocenters. The van der Waals surface area contributed by atoms with Crippen LogP contribution in [0.15, 0.2) is 48.3 Å². The molecule has 0 bridgehead atoms. The quantitative estimate of drug-likeness (QED) is 0.594. The molecule has 0 aliphatic carbocycles. The van der Waals surface area contributed by atoms with Crippen LogP contribution in [0.3, 0.4) is 0 Å². The number of carbonyl (C=O) groups excluding carboxylic acids is 1. The third-order valence-electron chi connectivity index (χ3n) is 2.66. The lowest BCUT2D eigenvalue weighted by Crippen LogP contribution is -2.24. The van der Waals surface area contributed by atoms with Gasteiger partial charge >= 0.3 is 5.97 Å². The number of hydrogen-bond acceptors (Lipinski definition) is 2. The van der Waals surface area contributed by atoms with Crippen molar-refractivity contribution in [2.24, 2.45) is 0 Å². The van der Waals surface area contributed by atoms with Crippen molar-refractivity contribution in [3.8, 4) is 0 Å². The summed E-state index contributed by atoms with van der Waals surface area (Å²) in [5.74, 6) is -1.83. The van der Waals surface area contributed by atoms with Gasteiger partial charge in [-0.05, 0) is 49.2 Å². The molecular weight excluding hydrogens is 255 g/mol. The lowest BCUT2D eigenvalue weighted by atomic mass is 10.1. The van der Waals surface area contributed by atoms with E-state index in [1.54, 1.807) is 26.8 Å². The molecule has 2 aromatic rings. The summed E-state index contributed by atoms with van der Waals surface area (Å²) in [5.41, 5.74) is -0.0712. The monoisotopic (exact) mass is 272 g/mol. The largest absolute Gasteiger partial charge is 0.455 e. The Bertz CT molecular complexity index is 666. The van der Waals surface area contributed by atoms with Crippen LogP contribution in [-0.2, 0) is 9.53 Å². The van der Waals surface area contributed by atoms with Crippen LogP contribution in [0.1, 0.15) is 26.3 Å². The molecule has 0 amide bonds. The number of rotatable bonds is 2. The average Bonchev–Trinajstić information content (AvgIpc) is 2.36. The van der Waals surface area contributed by atoms with E-state index >= 15 is 0 Å². The van der Waals surface area contributed by atoms with E-state index in [4.69, 9.17) is 4.74 Å². The van der Waals surface area contributed by atoms with E-state index < -0.39 is 17.4 Å². The van der Waals surface area contributed by atoms with Gasteiger partial charge in [0.1, 0.15) is 5.60 Å². The second-order valence-electron chi connectivity index (χ2n) is 5.60. The maximum atomic E-state index is 13.8. The van der Waals surface area contributed by atoms with E-state index in [9.17, 15) is 9.18 Å². The summed E-state index contributed by atoms with van der Waals surface area (Å²) >= 11 is 0. The van der Waals surface area contributed by atoms with Gasteiger partial charge in [0.05, 0.1) is 0 Å². The molecule has 3 heteroatoms. The second-order valence-corrected chi connectivity index (χ2v) is 5.60. The van der Waals surface area contributed by atoms with Crippen molar-refractivity contribution in [1.82, 2.24) is 0 Å². The first-order chi connectivity index (χ1) is 9.35. The van der Waals surface area contributed by atoms with Crippen molar-refractivity contribution in [2.75, 3.05) is 0 Å². The van der Waals surface area contributed by atoms with Crippen molar-refractivity contribution >= 4 is 22.8 Å². The first-order valence-electron chi connectivity index (χ1n) is 6.44. The molecule has 0 N–H and O–H groups in total. The summed E-state index contributed by atoms with van der Waals surface area (Å²) in [5, 5.41) is 2.07. The minimum absolute atomic E-state index is 0.632. The molecule has 104 valence electrons. The Morgan fingerprint density at radius 2 is 1.75 bits per heavy atom. The highest BCUT2D eigenvalue weighted by Crippen LogP contribution is 2.19. The lowest BCUT2D eigenvalue weighted by molar-refractivity contribution is -0.151. The van der Waals surface area contributed by atoms with Crippen molar-refractivity contribution in [3.63, 3.8) is 0 Å². The van der Waals surface area contributed by atoms with E-state index in [0.717, 1.165) is 10.8 Å². The predicted molar refractivity (Wildman–Crippen MR) is 78.9 cm³/mol. The van der Waals surface area contributed by atoms with Crippen LogP contribution in [-0.4, -0.2) is 11.6 Å². The molecule has 0 saturated carbocycles.